The Kier molecular flexibility index (Phi) is 2.96. The predicted molar refractivity (Wildman–Crippen MR) is 62.7 cm³/mol. The Balaban J connectivity index is 2.40. The molecule has 1 aromatic heterocycles. The SMILES string of the molecule is Cn1c(=O)[nH]c2cccc(OCCCN)c21. The van der Waals surface area contributed by atoms with Gasteiger partial charge in [0.2, 0.25) is 0 Å². The van der Waals surface area contributed by atoms with Gasteiger partial charge in [-0.15, -0.1) is 0 Å². The predicted octanol–water partition coefficient (Wildman–Crippen LogP) is 0.594. The molecule has 86 valence electrons. The third-order valence-electron chi connectivity index (χ3n) is 2.49. The zero-order valence-electron chi connectivity index (χ0n) is 9.19. The highest BCUT2D eigenvalue weighted by molar-refractivity contribution is 5.81. The Bertz CT molecular complexity index is 542. The van der Waals surface area contributed by atoms with E-state index in [1.165, 1.54) is 0 Å². The molecule has 0 aliphatic carbocycles. The number of para-hydroxylation sites is 1. The fourth-order valence-corrected chi connectivity index (χ4v) is 1.65. The van der Waals surface area contributed by atoms with E-state index in [0.29, 0.717) is 18.9 Å². The van der Waals surface area contributed by atoms with Crippen LogP contribution in [0.4, 0.5) is 0 Å². The van der Waals surface area contributed by atoms with Gasteiger partial charge >= 0.3 is 5.69 Å². The lowest BCUT2D eigenvalue weighted by Crippen LogP contribution is -2.12. The number of H-pyrrole nitrogens is 1. The largest absolute Gasteiger partial charge is 0.491 e. The van der Waals surface area contributed by atoms with Crippen molar-refractivity contribution in [1.82, 2.24) is 9.55 Å². The summed E-state index contributed by atoms with van der Waals surface area (Å²) in [6.07, 6.45) is 0.800. The fourth-order valence-electron chi connectivity index (χ4n) is 1.65. The van der Waals surface area contributed by atoms with Crippen LogP contribution in [0.15, 0.2) is 23.0 Å². The van der Waals surface area contributed by atoms with Crippen LogP contribution in [0.25, 0.3) is 11.0 Å². The van der Waals surface area contributed by atoms with Gasteiger partial charge in [0.15, 0.2) is 0 Å². The molecule has 16 heavy (non-hydrogen) atoms. The highest BCUT2D eigenvalue weighted by Crippen LogP contribution is 2.22. The normalized spacial score (nSPS) is 10.9. The van der Waals surface area contributed by atoms with Gasteiger partial charge in [0.05, 0.1) is 12.1 Å². The smallest absolute Gasteiger partial charge is 0.326 e. The molecule has 0 amide bonds. The summed E-state index contributed by atoms with van der Waals surface area (Å²) in [6.45, 7) is 1.16. The molecule has 0 fully saturated rings. The second kappa shape index (κ2) is 4.40. The first-order valence-electron chi connectivity index (χ1n) is 5.24. The van der Waals surface area contributed by atoms with E-state index < -0.39 is 0 Å². The Hall–Kier alpha value is -1.75. The number of aromatic amines is 1. The number of imidazole rings is 1. The van der Waals surface area contributed by atoms with Gasteiger partial charge in [-0.2, -0.15) is 0 Å². The van der Waals surface area contributed by atoms with Gasteiger partial charge in [-0.3, -0.25) is 4.57 Å². The topological polar surface area (TPSA) is 73.0 Å². The van der Waals surface area contributed by atoms with Gasteiger partial charge in [-0.1, -0.05) is 6.07 Å². The van der Waals surface area contributed by atoms with Gasteiger partial charge in [-0.05, 0) is 25.1 Å². The third-order valence-corrected chi connectivity index (χ3v) is 2.49. The van der Waals surface area contributed by atoms with Gasteiger partial charge in [0.1, 0.15) is 11.3 Å². The number of hydrogen-bond acceptors (Lipinski definition) is 3. The minimum atomic E-state index is -0.134. The van der Waals surface area contributed by atoms with Gasteiger partial charge < -0.3 is 15.5 Å². The van der Waals surface area contributed by atoms with Gasteiger partial charge in [-0.25, -0.2) is 4.79 Å². The van der Waals surface area contributed by atoms with E-state index in [1.54, 1.807) is 11.6 Å². The summed E-state index contributed by atoms with van der Waals surface area (Å²) in [5.74, 6) is 0.715. The Morgan fingerprint density at radius 1 is 1.50 bits per heavy atom. The zero-order valence-corrected chi connectivity index (χ0v) is 9.19. The van der Waals surface area contributed by atoms with Crippen LogP contribution in [-0.4, -0.2) is 22.7 Å². The van der Waals surface area contributed by atoms with Crippen molar-refractivity contribution in [3.05, 3.63) is 28.7 Å². The maximum absolute atomic E-state index is 11.5. The van der Waals surface area contributed by atoms with Crippen molar-refractivity contribution in [3.8, 4) is 5.75 Å². The molecular formula is C11H15N3O2. The van der Waals surface area contributed by atoms with Gasteiger partial charge in [0.25, 0.3) is 0 Å². The number of ether oxygens (including phenoxy) is 1. The van der Waals surface area contributed by atoms with E-state index in [-0.39, 0.29) is 5.69 Å². The van der Waals surface area contributed by atoms with Crippen molar-refractivity contribution < 1.29 is 4.74 Å². The molecule has 0 aliphatic rings. The molecule has 0 spiro atoms. The summed E-state index contributed by atoms with van der Waals surface area (Å²) in [6, 6.07) is 5.56. The maximum atomic E-state index is 11.5. The number of nitrogens with two attached hydrogens (primary N) is 1. The van der Waals surface area contributed by atoms with E-state index in [0.717, 1.165) is 17.5 Å². The Labute approximate surface area is 92.8 Å². The average molecular weight is 221 g/mol. The standard InChI is InChI=1S/C11H15N3O2/c1-14-10-8(13-11(14)15)4-2-5-9(10)16-7-3-6-12/h2,4-5H,3,6-7,12H2,1H3,(H,13,15). The molecule has 1 aromatic carbocycles. The van der Waals surface area contributed by atoms with Crippen molar-refractivity contribution in [2.75, 3.05) is 13.2 Å². The molecule has 0 bridgehead atoms. The van der Waals surface area contributed by atoms with Crippen LogP contribution >= 0.6 is 0 Å². The van der Waals surface area contributed by atoms with E-state index in [1.807, 2.05) is 18.2 Å². The molecule has 1 heterocycles. The molecule has 3 N–H and O–H groups in total. The number of fused-ring (bicyclic) bond motifs is 1. The third kappa shape index (κ3) is 1.81. The molecule has 5 heteroatoms. The molecule has 2 rings (SSSR count). The van der Waals surface area contributed by atoms with Crippen molar-refractivity contribution in [2.24, 2.45) is 12.8 Å². The molecule has 0 aliphatic heterocycles. The van der Waals surface area contributed by atoms with Crippen LogP contribution < -0.4 is 16.2 Å². The maximum Gasteiger partial charge on any atom is 0.326 e. The molecule has 2 aromatic rings. The van der Waals surface area contributed by atoms with Crippen LogP contribution in [0.2, 0.25) is 0 Å². The van der Waals surface area contributed by atoms with Crippen molar-refractivity contribution in [3.63, 3.8) is 0 Å². The fraction of sp³-hybridized carbons (Fsp3) is 0.364. The monoisotopic (exact) mass is 221 g/mol. The lowest BCUT2D eigenvalue weighted by Gasteiger charge is -2.07. The molecular weight excluding hydrogens is 206 g/mol. The first kappa shape index (κ1) is 10.8. The van der Waals surface area contributed by atoms with Crippen molar-refractivity contribution in [1.29, 1.82) is 0 Å². The van der Waals surface area contributed by atoms with Gasteiger partial charge in [0, 0.05) is 7.05 Å². The number of benzene rings is 1. The van der Waals surface area contributed by atoms with Crippen LogP contribution in [0.1, 0.15) is 6.42 Å². The van der Waals surface area contributed by atoms with E-state index in [9.17, 15) is 4.79 Å². The number of hydrogen-bond donors (Lipinski definition) is 2. The minimum Gasteiger partial charge on any atom is -0.491 e. The summed E-state index contributed by atoms with van der Waals surface area (Å²) in [4.78, 5) is 14.2. The van der Waals surface area contributed by atoms with E-state index >= 15 is 0 Å². The second-order valence-corrected chi connectivity index (χ2v) is 3.63. The summed E-state index contributed by atoms with van der Waals surface area (Å²) < 4.78 is 7.14. The quantitative estimate of drug-likeness (QED) is 0.742. The lowest BCUT2D eigenvalue weighted by atomic mass is 10.3. The van der Waals surface area contributed by atoms with Crippen LogP contribution in [0.3, 0.4) is 0 Å². The Morgan fingerprint density at radius 2 is 2.31 bits per heavy atom. The molecule has 0 radical (unpaired) electrons. The second-order valence-electron chi connectivity index (χ2n) is 3.63. The lowest BCUT2D eigenvalue weighted by molar-refractivity contribution is 0.316. The molecule has 0 atom stereocenters. The number of aromatic nitrogens is 2. The summed E-state index contributed by atoms with van der Waals surface area (Å²) >= 11 is 0. The summed E-state index contributed by atoms with van der Waals surface area (Å²) in [7, 11) is 1.72. The first-order valence-corrected chi connectivity index (χ1v) is 5.24. The van der Waals surface area contributed by atoms with E-state index in [4.69, 9.17) is 10.5 Å². The number of nitrogens with one attached hydrogen (secondary N) is 1. The van der Waals surface area contributed by atoms with Crippen molar-refractivity contribution in [2.45, 2.75) is 6.42 Å². The minimum absolute atomic E-state index is 0.134. The number of aryl methyl sites for hydroxylation is 1. The highest BCUT2D eigenvalue weighted by Gasteiger charge is 2.08. The molecule has 0 saturated heterocycles. The van der Waals surface area contributed by atoms with E-state index in [2.05, 4.69) is 4.98 Å². The number of rotatable bonds is 4. The number of nitrogens with zero attached hydrogens (tertiary/aromatic N) is 1. The first-order chi connectivity index (χ1) is 7.74. The van der Waals surface area contributed by atoms with Crippen molar-refractivity contribution >= 4 is 11.0 Å². The van der Waals surface area contributed by atoms with Crippen LogP contribution in [0, 0.1) is 0 Å². The zero-order chi connectivity index (χ0) is 11.5. The highest BCUT2D eigenvalue weighted by atomic mass is 16.5. The molecule has 0 unspecified atom stereocenters. The van der Waals surface area contributed by atoms with Crippen LogP contribution in [-0.2, 0) is 7.05 Å². The summed E-state index contributed by atoms with van der Waals surface area (Å²) in [5, 5.41) is 0. The average Bonchev–Trinajstić information content (AvgIpc) is 2.56. The summed E-state index contributed by atoms with van der Waals surface area (Å²) in [5.41, 5.74) is 6.85. The molecule has 0 saturated carbocycles. The molecule has 5 nitrogen and oxygen atoms in total. The Morgan fingerprint density at radius 3 is 3.06 bits per heavy atom. The van der Waals surface area contributed by atoms with Crippen LogP contribution in [0.5, 0.6) is 5.75 Å².